The smallest absolute Gasteiger partial charge is 0.416 e. The van der Waals surface area contributed by atoms with E-state index < -0.39 is 17.7 Å². The quantitative estimate of drug-likeness (QED) is 0.870. The summed E-state index contributed by atoms with van der Waals surface area (Å²) in [7, 11) is 0. The molecule has 128 valence electrons. The summed E-state index contributed by atoms with van der Waals surface area (Å²) in [6, 6.07) is 5.10. The molecular weight excluding hydrogens is 323 g/mol. The Morgan fingerprint density at radius 1 is 1.29 bits per heavy atom. The number of rotatable bonds is 4. The van der Waals surface area contributed by atoms with Gasteiger partial charge in [0.15, 0.2) is 5.69 Å². The van der Waals surface area contributed by atoms with E-state index in [1.54, 1.807) is 6.92 Å². The Hall–Kier alpha value is -2.35. The minimum Gasteiger partial charge on any atom is -0.461 e. The lowest BCUT2D eigenvalue weighted by Crippen LogP contribution is -2.18. The fourth-order valence-electron chi connectivity index (χ4n) is 2.74. The Balaban J connectivity index is 1.67. The van der Waals surface area contributed by atoms with Crippen molar-refractivity contribution in [3.05, 3.63) is 52.3 Å². The molecule has 0 fully saturated rings. The first-order chi connectivity index (χ1) is 11.4. The van der Waals surface area contributed by atoms with Crippen molar-refractivity contribution in [2.45, 2.75) is 32.7 Å². The van der Waals surface area contributed by atoms with Gasteiger partial charge < -0.3 is 4.74 Å². The minimum atomic E-state index is -4.33. The van der Waals surface area contributed by atoms with Gasteiger partial charge in [0.1, 0.15) is 0 Å². The fourth-order valence-corrected chi connectivity index (χ4v) is 2.74. The van der Waals surface area contributed by atoms with Crippen molar-refractivity contribution < 1.29 is 22.7 Å². The number of hydrogen-bond donors (Lipinski definition) is 1. The van der Waals surface area contributed by atoms with Crippen LogP contribution in [0.2, 0.25) is 0 Å². The molecular formula is C16H16F3N3O2. The van der Waals surface area contributed by atoms with Crippen LogP contribution in [0.15, 0.2) is 24.3 Å². The van der Waals surface area contributed by atoms with Crippen LogP contribution in [0.3, 0.4) is 0 Å². The monoisotopic (exact) mass is 339 g/mol. The maximum absolute atomic E-state index is 12.6. The van der Waals surface area contributed by atoms with Crippen LogP contribution in [0.1, 0.15) is 39.8 Å². The summed E-state index contributed by atoms with van der Waals surface area (Å²) >= 11 is 0. The first kappa shape index (κ1) is 16.5. The SMILES string of the molecule is CCOC(=O)c1n[nH]c2c1CN(Cc1ccc(C(F)(F)F)cc1)C2. The molecule has 0 atom stereocenters. The number of ether oxygens (including phenoxy) is 1. The molecule has 0 saturated heterocycles. The predicted octanol–water partition coefficient (Wildman–Crippen LogP) is 3.12. The number of halogens is 3. The van der Waals surface area contributed by atoms with Gasteiger partial charge in [-0.3, -0.25) is 10.00 Å². The number of nitrogens with one attached hydrogen (secondary N) is 1. The second-order valence-electron chi connectivity index (χ2n) is 5.59. The summed E-state index contributed by atoms with van der Waals surface area (Å²) in [5.74, 6) is -0.466. The normalized spacial score (nSPS) is 14.7. The van der Waals surface area contributed by atoms with Crippen molar-refractivity contribution in [1.29, 1.82) is 0 Å². The van der Waals surface area contributed by atoms with Gasteiger partial charge >= 0.3 is 12.1 Å². The third kappa shape index (κ3) is 3.28. The molecule has 2 aromatic rings. The van der Waals surface area contributed by atoms with Gasteiger partial charge in [-0.15, -0.1) is 0 Å². The highest BCUT2D eigenvalue weighted by Gasteiger charge is 2.31. The Morgan fingerprint density at radius 3 is 2.62 bits per heavy atom. The average molecular weight is 339 g/mol. The zero-order valence-corrected chi connectivity index (χ0v) is 13.0. The van der Waals surface area contributed by atoms with Gasteiger partial charge in [0.25, 0.3) is 0 Å². The molecule has 1 N–H and O–H groups in total. The van der Waals surface area contributed by atoms with Crippen LogP contribution in [0.5, 0.6) is 0 Å². The molecule has 1 aromatic carbocycles. The number of fused-ring (bicyclic) bond motifs is 1. The number of alkyl halides is 3. The first-order valence-electron chi connectivity index (χ1n) is 7.50. The summed E-state index contributed by atoms with van der Waals surface area (Å²) in [5.41, 5.74) is 2.03. The molecule has 0 spiro atoms. The second kappa shape index (κ2) is 6.27. The van der Waals surface area contributed by atoms with Crippen LogP contribution in [0.25, 0.3) is 0 Å². The standard InChI is InChI=1S/C16H16F3N3O2/c1-2-24-15(23)14-12-8-22(9-13(12)20-21-14)7-10-3-5-11(6-4-10)16(17,18)19/h3-6H,2,7-9H2,1H3,(H,20,21). The Kier molecular flexibility index (Phi) is 4.31. The molecule has 8 heteroatoms. The van der Waals surface area contributed by atoms with Crippen LogP contribution in [0.4, 0.5) is 13.2 Å². The van der Waals surface area contributed by atoms with Gasteiger partial charge in [0.05, 0.1) is 17.9 Å². The number of benzene rings is 1. The zero-order chi connectivity index (χ0) is 17.3. The second-order valence-corrected chi connectivity index (χ2v) is 5.59. The fraction of sp³-hybridized carbons (Fsp3) is 0.375. The van der Waals surface area contributed by atoms with E-state index in [-0.39, 0.29) is 12.3 Å². The average Bonchev–Trinajstić information content (AvgIpc) is 3.06. The van der Waals surface area contributed by atoms with Gasteiger partial charge in [0, 0.05) is 25.2 Å². The minimum absolute atomic E-state index is 0.274. The van der Waals surface area contributed by atoms with Crippen molar-refractivity contribution in [1.82, 2.24) is 15.1 Å². The Bertz CT molecular complexity index is 738. The Labute approximate surface area is 136 Å². The van der Waals surface area contributed by atoms with Gasteiger partial charge in [0.2, 0.25) is 0 Å². The van der Waals surface area contributed by atoms with E-state index in [4.69, 9.17) is 4.74 Å². The topological polar surface area (TPSA) is 58.2 Å². The molecule has 3 rings (SSSR count). The molecule has 1 aliphatic heterocycles. The predicted molar refractivity (Wildman–Crippen MR) is 78.9 cm³/mol. The molecule has 0 amide bonds. The van der Waals surface area contributed by atoms with E-state index in [1.807, 2.05) is 4.90 Å². The highest BCUT2D eigenvalue weighted by atomic mass is 19.4. The third-order valence-electron chi connectivity index (χ3n) is 3.87. The number of H-pyrrole nitrogens is 1. The van der Waals surface area contributed by atoms with Gasteiger partial charge in [-0.25, -0.2) is 4.79 Å². The molecule has 0 radical (unpaired) electrons. The zero-order valence-electron chi connectivity index (χ0n) is 13.0. The molecule has 0 aliphatic carbocycles. The summed E-state index contributed by atoms with van der Waals surface area (Å²) in [4.78, 5) is 13.9. The maximum Gasteiger partial charge on any atom is 0.416 e. The van der Waals surface area contributed by atoms with E-state index in [1.165, 1.54) is 12.1 Å². The molecule has 1 aliphatic rings. The van der Waals surface area contributed by atoms with Crippen LogP contribution in [0, 0.1) is 0 Å². The van der Waals surface area contributed by atoms with Crippen molar-refractivity contribution in [3.63, 3.8) is 0 Å². The third-order valence-corrected chi connectivity index (χ3v) is 3.87. The lowest BCUT2D eigenvalue weighted by molar-refractivity contribution is -0.137. The van der Waals surface area contributed by atoms with Crippen LogP contribution in [-0.4, -0.2) is 27.7 Å². The van der Waals surface area contributed by atoms with Crippen molar-refractivity contribution in [3.8, 4) is 0 Å². The summed E-state index contributed by atoms with van der Waals surface area (Å²) < 4.78 is 42.7. The summed E-state index contributed by atoms with van der Waals surface area (Å²) in [6.07, 6.45) is -4.33. The van der Waals surface area contributed by atoms with Crippen molar-refractivity contribution >= 4 is 5.97 Å². The highest BCUT2D eigenvalue weighted by Crippen LogP contribution is 2.30. The summed E-state index contributed by atoms with van der Waals surface area (Å²) in [6.45, 7) is 3.55. The number of aromatic nitrogens is 2. The Morgan fingerprint density at radius 2 is 2.00 bits per heavy atom. The van der Waals surface area contributed by atoms with Gasteiger partial charge in [-0.2, -0.15) is 18.3 Å². The molecule has 0 saturated carbocycles. The molecule has 24 heavy (non-hydrogen) atoms. The van der Waals surface area contributed by atoms with E-state index in [0.717, 1.165) is 29.0 Å². The highest BCUT2D eigenvalue weighted by molar-refractivity contribution is 5.89. The number of aromatic amines is 1. The molecule has 2 heterocycles. The van der Waals surface area contributed by atoms with Gasteiger partial charge in [-0.05, 0) is 24.6 Å². The number of carbonyl (C=O) groups excluding carboxylic acids is 1. The van der Waals surface area contributed by atoms with E-state index in [2.05, 4.69) is 10.2 Å². The molecule has 0 unspecified atom stereocenters. The van der Waals surface area contributed by atoms with Crippen molar-refractivity contribution in [2.24, 2.45) is 0 Å². The van der Waals surface area contributed by atoms with E-state index in [9.17, 15) is 18.0 Å². The number of esters is 1. The van der Waals surface area contributed by atoms with Crippen molar-refractivity contribution in [2.75, 3.05) is 6.61 Å². The number of nitrogens with zero attached hydrogens (tertiary/aromatic N) is 2. The van der Waals surface area contributed by atoms with Crippen LogP contribution < -0.4 is 0 Å². The van der Waals surface area contributed by atoms with Crippen LogP contribution >= 0.6 is 0 Å². The number of hydrogen-bond acceptors (Lipinski definition) is 4. The lowest BCUT2D eigenvalue weighted by Gasteiger charge is -2.15. The summed E-state index contributed by atoms with van der Waals surface area (Å²) in [5, 5.41) is 6.81. The van der Waals surface area contributed by atoms with Gasteiger partial charge in [-0.1, -0.05) is 12.1 Å². The number of carbonyl (C=O) groups is 1. The largest absolute Gasteiger partial charge is 0.461 e. The first-order valence-corrected chi connectivity index (χ1v) is 7.50. The van der Waals surface area contributed by atoms with E-state index in [0.29, 0.717) is 19.6 Å². The molecule has 5 nitrogen and oxygen atoms in total. The van der Waals surface area contributed by atoms with E-state index >= 15 is 0 Å². The van der Waals surface area contributed by atoms with Crippen LogP contribution in [-0.2, 0) is 30.5 Å². The lowest BCUT2D eigenvalue weighted by atomic mass is 10.1. The maximum atomic E-state index is 12.6. The molecule has 1 aromatic heterocycles. The molecule has 0 bridgehead atoms.